The highest BCUT2D eigenvalue weighted by molar-refractivity contribution is 6.03. The number of aliphatic hydroxyl groups is 1. The number of aromatic nitrogens is 1. The number of aromatic carboxylic acids is 1. The smallest absolute Gasteiger partial charge is 0.336 e. The van der Waals surface area contributed by atoms with Gasteiger partial charge in [-0.05, 0) is 31.9 Å². The summed E-state index contributed by atoms with van der Waals surface area (Å²) >= 11 is 0. The predicted molar refractivity (Wildman–Crippen MR) is 78.1 cm³/mol. The van der Waals surface area contributed by atoms with E-state index in [4.69, 9.17) is 0 Å². The molecule has 0 aliphatic rings. The summed E-state index contributed by atoms with van der Waals surface area (Å²) in [6.45, 7) is 2.39. The number of para-hydroxylation sites is 1. The minimum absolute atomic E-state index is 0.244. The van der Waals surface area contributed by atoms with Gasteiger partial charge in [0.05, 0.1) is 17.2 Å². The van der Waals surface area contributed by atoms with E-state index in [-0.39, 0.29) is 11.7 Å². The first-order valence-corrected chi connectivity index (χ1v) is 6.63. The summed E-state index contributed by atoms with van der Waals surface area (Å²) in [5.41, 5.74) is 0.902. The molecule has 1 unspecified atom stereocenters. The molecule has 0 bridgehead atoms. The standard InChI is InChI=1S/C15H18N2O3/c1-10(18)5-4-8-16-14-9-12(15(19)20)11-6-2-3-7-13(11)17-14/h2-3,6-7,9-10,18H,4-5,8H2,1H3,(H,16,17)(H,19,20). The van der Waals surface area contributed by atoms with E-state index >= 15 is 0 Å². The van der Waals surface area contributed by atoms with E-state index in [1.165, 1.54) is 0 Å². The van der Waals surface area contributed by atoms with E-state index in [0.717, 1.165) is 6.42 Å². The van der Waals surface area contributed by atoms with Gasteiger partial charge in [-0.2, -0.15) is 0 Å². The summed E-state index contributed by atoms with van der Waals surface area (Å²) in [4.78, 5) is 15.7. The Morgan fingerprint density at radius 1 is 1.40 bits per heavy atom. The maximum atomic E-state index is 11.3. The third-order valence-electron chi connectivity index (χ3n) is 3.05. The molecule has 20 heavy (non-hydrogen) atoms. The van der Waals surface area contributed by atoms with Crippen LogP contribution < -0.4 is 5.32 Å². The number of carboxylic acids is 1. The van der Waals surface area contributed by atoms with Gasteiger partial charge in [-0.3, -0.25) is 0 Å². The Balaban J connectivity index is 2.20. The van der Waals surface area contributed by atoms with Crippen LogP contribution in [0.3, 0.4) is 0 Å². The van der Waals surface area contributed by atoms with Crippen LogP contribution in [0, 0.1) is 0 Å². The number of pyridine rings is 1. The molecule has 0 saturated carbocycles. The van der Waals surface area contributed by atoms with E-state index in [1.807, 2.05) is 6.07 Å². The van der Waals surface area contributed by atoms with Crippen LogP contribution in [0.1, 0.15) is 30.1 Å². The van der Waals surface area contributed by atoms with Crippen molar-refractivity contribution in [3.63, 3.8) is 0 Å². The van der Waals surface area contributed by atoms with E-state index in [2.05, 4.69) is 10.3 Å². The maximum absolute atomic E-state index is 11.3. The van der Waals surface area contributed by atoms with Crippen molar-refractivity contribution in [2.24, 2.45) is 0 Å². The fraction of sp³-hybridized carbons (Fsp3) is 0.333. The van der Waals surface area contributed by atoms with Crippen LogP contribution in [0.25, 0.3) is 10.9 Å². The average molecular weight is 274 g/mol. The largest absolute Gasteiger partial charge is 0.478 e. The first-order valence-electron chi connectivity index (χ1n) is 6.63. The Morgan fingerprint density at radius 3 is 2.85 bits per heavy atom. The zero-order valence-electron chi connectivity index (χ0n) is 11.3. The Bertz CT molecular complexity index is 611. The van der Waals surface area contributed by atoms with Crippen LogP contribution in [0.2, 0.25) is 0 Å². The van der Waals surface area contributed by atoms with Gasteiger partial charge in [0.25, 0.3) is 0 Å². The Hall–Kier alpha value is -2.14. The van der Waals surface area contributed by atoms with Crippen LogP contribution >= 0.6 is 0 Å². The van der Waals surface area contributed by atoms with Gasteiger partial charge < -0.3 is 15.5 Å². The van der Waals surface area contributed by atoms with Gasteiger partial charge in [-0.15, -0.1) is 0 Å². The summed E-state index contributed by atoms with van der Waals surface area (Å²) < 4.78 is 0. The van der Waals surface area contributed by atoms with E-state index in [9.17, 15) is 15.0 Å². The molecule has 5 nitrogen and oxygen atoms in total. The van der Waals surface area contributed by atoms with Crippen LogP contribution in [0.4, 0.5) is 5.82 Å². The number of nitrogens with zero attached hydrogens (tertiary/aromatic N) is 1. The van der Waals surface area contributed by atoms with E-state index < -0.39 is 5.97 Å². The SMILES string of the molecule is CC(O)CCCNc1cc(C(=O)O)c2ccccc2n1. The number of hydrogen-bond acceptors (Lipinski definition) is 4. The second-order valence-corrected chi connectivity index (χ2v) is 4.80. The number of fused-ring (bicyclic) bond motifs is 1. The monoisotopic (exact) mass is 274 g/mol. The third-order valence-corrected chi connectivity index (χ3v) is 3.05. The zero-order valence-corrected chi connectivity index (χ0v) is 11.3. The highest BCUT2D eigenvalue weighted by atomic mass is 16.4. The van der Waals surface area contributed by atoms with E-state index in [0.29, 0.717) is 29.7 Å². The van der Waals surface area contributed by atoms with Gasteiger partial charge in [0.2, 0.25) is 0 Å². The van der Waals surface area contributed by atoms with Crippen molar-refractivity contribution in [3.8, 4) is 0 Å². The lowest BCUT2D eigenvalue weighted by molar-refractivity contribution is 0.0699. The molecule has 0 amide bonds. The summed E-state index contributed by atoms with van der Waals surface area (Å²) in [5.74, 6) is -0.415. The molecule has 0 spiro atoms. The fourth-order valence-corrected chi connectivity index (χ4v) is 2.06. The molecule has 3 N–H and O–H groups in total. The quantitative estimate of drug-likeness (QED) is 0.705. The molecule has 1 aromatic heterocycles. The summed E-state index contributed by atoms with van der Waals surface area (Å²) in [5, 5.41) is 22.2. The molecule has 1 atom stereocenters. The van der Waals surface area contributed by atoms with Crippen LogP contribution in [0.5, 0.6) is 0 Å². The van der Waals surface area contributed by atoms with Crippen LogP contribution in [-0.4, -0.2) is 33.8 Å². The van der Waals surface area contributed by atoms with Gasteiger partial charge in [-0.1, -0.05) is 18.2 Å². The van der Waals surface area contributed by atoms with Gasteiger partial charge >= 0.3 is 5.97 Å². The minimum Gasteiger partial charge on any atom is -0.478 e. The molecule has 5 heteroatoms. The van der Waals surface area contributed by atoms with Crippen molar-refractivity contribution >= 4 is 22.7 Å². The van der Waals surface area contributed by atoms with Crippen LogP contribution in [-0.2, 0) is 0 Å². The first-order chi connectivity index (χ1) is 9.58. The topological polar surface area (TPSA) is 82.5 Å². The molecule has 106 valence electrons. The van der Waals surface area contributed by atoms with E-state index in [1.54, 1.807) is 31.2 Å². The highest BCUT2D eigenvalue weighted by Crippen LogP contribution is 2.20. The molecule has 0 fully saturated rings. The second-order valence-electron chi connectivity index (χ2n) is 4.80. The average Bonchev–Trinajstić information content (AvgIpc) is 2.42. The normalized spacial score (nSPS) is 12.3. The second kappa shape index (κ2) is 6.34. The first kappa shape index (κ1) is 14.3. The zero-order chi connectivity index (χ0) is 14.5. The summed E-state index contributed by atoms with van der Waals surface area (Å²) in [7, 11) is 0. The van der Waals surface area contributed by atoms with Crippen molar-refractivity contribution in [1.29, 1.82) is 0 Å². The van der Waals surface area contributed by atoms with Gasteiger partial charge in [0.1, 0.15) is 5.82 Å². The summed E-state index contributed by atoms with van der Waals surface area (Å²) in [6.07, 6.45) is 1.18. The maximum Gasteiger partial charge on any atom is 0.336 e. The number of nitrogens with one attached hydrogen (secondary N) is 1. The molecular weight excluding hydrogens is 256 g/mol. The Kier molecular flexibility index (Phi) is 4.53. The van der Waals surface area contributed by atoms with Crippen LogP contribution in [0.15, 0.2) is 30.3 Å². The van der Waals surface area contributed by atoms with Crippen molar-refractivity contribution in [1.82, 2.24) is 4.98 Å². The molecule has 2 rings (SSSR count). The third kappa shape index (κ3) is 3.45. The molecule has 0 radical (unpaired) electrons. The lowest BCUT2D eigenvalue weighted by Gasteiger charge is -2.09. The molecule has 0 aliphatic carbocycles. The van der Waals surface area contributed by atoms with Crippen molar-refractivity contribution < 1.29 is 15.0 Å². The Labute approximate surface area is 117 Å². The van der Waals surface area contributed by atoms with Gasteiger partial charge in [0, 0.05) is 11.9 Å². The number of rotatable bonds is 6. The molecule has 2 aromatic rings. The summed E-state index contributed by atoms with van der Waals surface area (Å²) in [6, 6.07) is 8.73. The Morgan fingerprint density at radius 2 is 2.15 bits per heavy atom. The van der Waals surface area contributed by atoms with Crippen molar-refractivity contribution in [2.75, 3.05) is 11.9 Å². The van der Waals surface area contributed by atoms with Gasteiger partial charge in [0.15, 0.2) is 0 Å². The number of carbonyl (C=O) groups is 1. The van der Waals surface area contributed by atoms with Gasteiger partial charge in [-0.25, -0.2) is 9.78 Å². The molecule has 0 saturated heterocycles. The number of benzene rings is 1. The fourth-order valence-electron chi connectivity index (χ4n) is 2.06. The predicted octanol–water partition coefficient (Wildman–Crippen LogP) is 2.51. The highest BCUT2D eigenvalue weighted by Gasteiger charge is 2.11. The van der Waals surface area contributed by atoms with Crippen molar-refractivity contribution in [2.45, 2.75) is 25.9 Å². The van der Waals surface area contributed by atoms with Crippen molar-refractivity contribution in [3.05, 3.63) is 35.9 Å². The minimum atomic E-state index is -0.962. The lowest BCUT2D eigenvalue weighted by Crippen LogP contribution is -2.09. The molecular formula is C15H18N2O3. The molecule has 0 aliphatic heterocycles. The molecule has 1 aromatic carbocycles. The number of anilines is 1. The lowest BCUT2D eigenvalue weighted by atomic mass is 10.1. The number of aliphatic hydroxyl groups excluding tert-OH is 1. The number of hydrogen-bond donors (Lipinski definition) is 3. The number of carboxylic acid groups (broad SMARTS) is 1. The molecule has 1 heterocycles.